The lowest BCUT2D eigenvalue weighted by Crippen LogP contribution is -2.33. The van der Waals surface area contributed by atoms with Crippen molar-refractivity contribution in [1.29, 1.82) is 5.26 Å². The third kappa shape index (κ3) is 3.64. The minimum atomic E-state index is 0.515. The Hall–Kier alpha value is -1.27. The first kappa shape index (κ1) is 15.1. The summed E-state index contributed by atoms with van der Waals surface area (Å²) >= 11 is 0. The highest BCUT2D eigenvalue weighted by atomic mass is 14.9. The molecule has 0 amide bonds. The molecule has 0 radical (unpaired) electrons. The van der Waals surface area contributed by atoms with Crippen LogP contribution in [-0.4, -0.2) is 11.1 Å². The van der Waals surface area contributed by atoms with Gasteiger partial charge in [0.2, 0.25) is 0 Å². The van der Waals surface area contributed by atoms with Crippen LogP contribution >= 0.6 is 0 Å². The highest BCUT2D eigenvalue weighted by molar-refractivity contribution is 5.28. The van der Waals surface area contributed by atoms with Crippen molar-refractivity contribution in [3.63, 3.8) is 0 Å². The first-order chi connectivity index (χ1) is 9.54. The van der Waals surface area contributed by atoms with Gasteiger partial charge in [-0.1, -0.05) is 26.7 Å². The molecule has 0 aliphatic heterocycles. The quantitative estimate of drug-likeness (QED) is 0.860. The molecule has 1 N–H and O–H groups in total. The molecule has 1 aromatic heterocycles. The Kier molecular flexibility index (Phi) is 4.88. The fraction of sp³-hybridized carbons (Fsp3) is 0.706. The molecule has 1 aliphatic carbocycles. The summed E-state index contributed by atoms with van der Waals surface area (Å²) in [5, 5.41) is 12.6. The van der Waals surface area contributed by atoms with Gasteiger partial charge in [-0.25, -0.2) is 0 Å². The summed E-state index contributed by atoms with van der Waals surface area (Å²) in [5.41, 5.74) is 2.46. The minimum absolute atomic E-state index is 0.515. The molecule has 1 saturated carbocycles. The van der Waals surface area contributed by atoms with Gasteiger partial charge in [0.05, 0.1) is 0 Å². The van der Waals surface area contributed by atoms with Crippen LogP contribution in [-0.2, 0) is 13.6 Å². The van der Waals surface area contributed by atoms with E-state index in [1.165, 1.54) is 37.7 Å². The molecule has 1 aliphatic rings. The summed E-state index contributed by atoms with van der Waals surface area (Å²) in [6.07, 6.45) is 8.90. The van der Waals surface area contributed by atoms with E-state index in [-0.39, 0.29) is 0 Å². The van der Waals surface area contributed by atoms with Crippen molar-refractivity contribution in [2.45, 2.75) is 52.5 Å². The smallest absolute Gasteiger partial charge is 0.120 e. The van der Waals surface area contributed by atoms with Gasteiger partial charge < -0.3 is 9.88 Å². The molecule has 0 spiro atoms. The number of hydrogen-bond acceptors (Lipinski definition) is 2. The molecule has 2 rings (SSSR count). The van der Waals surface area contributed by atoms with E-state index < -0.39 is 0 Å². The van der Waals surface area contributed by atoms with Gasteiger partial charge >= 0.3 is 0 Å². The number of rotatable bonds is 6. The van der Waals surface area contributed by atoms with Gasteiger partial charge in [0.25, 0.3) is 0 Å². The second-order valence-electron chi connectivity index (χ2n) is 6.86. The summed E-state index contributed by atoms with van der Waals surface area (Å²) < 4.78 is 1.90. The van der Waals surface area contributed by atoms with Crippen LogP contribution in [0.4, 0.5) is 0 Å². The molecule has 0 atom stereocenters. The van der Waals surface area contributed by atoms with Gasteiger partial charge in [0, 0.05) is 26.3 Å². The van der Waals surface area contributed by atoms with Gasteiger partial charge in [-0.05, 0) is 42.2 Å². The topological polar surface area (TPSA) is 40.8 Å². The Bertz CT molecular complexity index is 473. The van der Waals surface area contributed by atoms with Crippen LogP contribution in [0.5, 0.6) is 0 Å². The third-order valence-electron chi connectivity index (χ3n) is 4.51. The lowest BCUT2D eigenvalue weighted by Gasteiger charge is -2.31. The van der Waals surface area contributed by atoms with Crippen LogP contribution in [0.1, 0.15) is 57.2 Å². The molecule has 3 heteroatoms. The third-order valence-corrected chi connectivity index (χ3v) is 4.51. The molecule has 110 valence electrons. The van der Waals surface area contributed by atoms with Crippen molar-refractivity contribution in [1.82, 2.24) is 9.88 Å². The molecule has 1 heterocycles. The van der Waals surface area contributed by atoms with Crippen LogP contribution < -0.4 is 5.32 Å². The zero-order valence-corrected chi connectivity index (χ0v) is 13.1. The lowest BCUT2D eigenvalue weighted by atomic mass is 9.78. The second kappa shape index (κ2) is 6.45. The highest BCUT2D eigenvalue weighted by Gasteiger charge is 2.33. The standard InChI is InChI=1S/C17H27N3/c1-14(2)9-17(6-4-5-7-17)13-19-11-15-8-16(10-18)20(3)12-15/h8,12,14,19H,4-7,9,11,13H2,1-3H3. The van der Waals surface area contributed by atoms with Crippen molar-refractivity contribution in [3.05, 3.63) is 23.5 Å². The van der Waals surface area contributed by atoms with E-state index in [2.05, 4.69) is 31.4 Å². The molecule has 3 nitrogen and oxygen atoms in total. The molecule has 1 aromatic rings. The molecule has 20 heavy (non-hydrogen) atoms. The van der Waals surface area contributed by atoms with E-state index in [0.29, 0.717) is 5.41 Å². The largest absolute Gasteiger partial charge is 0.342 e. The molecule has 0 bridgehead atoms. The maximum atomic E-state index is 8.98. The van der Waals surface area contributed by atoms with Crippen LogP contribution in [0, 0.1) is 22.7 Å². The molecule has 1 fully saturated rings. The Labute approximate surface area is 123 Å². The molecule has 0 aromatic carbocycles. The number of nitriles is 1. The van der Waals surface area contributed by atoms with Gasteiger partial charge in [0.1, 0.15) is 11.8 Å². The normalized spacial score (nSPS) is 17.6. The van der Waals surface area contributed by atoms with E-state index in [0.717, 1.165) is 24.7 Å². The second-order valence-corrected chi connectivity index (χ2v) is 6.86. The van der Waals surface area contributed by atoms with Crippen LogP contribution in [0.25, 0.3) is 0 Å². The van der Waals surface area contributed by atoms with E-state index in [1.807, 2.05) is 17.7 Å². The maximum Gasteiger partial charge on any atom is 0.120 e. The van der Waals surface area contributed by atoms with Crippen molar-refractivity contribution >= 4 is 0 Å². The van der Waals surface area contributed by atoms with Gasteiger partial charge in [-0.3, -0.25) is 0 Å². The summed E-state index contributed by atoms with van der Waals surface area (Å²) in [7, 11) is 1.93. The molecule has 0 saturated heterocycles. The zero-order chi connectivity index (χ0) is 14.6. The fourth-order valence-electron chi connectivity index (χ4n) is 3.76. The Balaban J connectivity index is 1.88. The predicted octanol–water partition coefficient (Wildman–Crippen LogP) is 3.59. The zero-order valence-electron chi connectivity index (χ0n) is 13.1. The number of aromatic nitrogens is 1. The van der Waals surface area contributed by atoms with Gasteiger partial charge in [0.15, 0.2) is 0 Å². The monoisotopic (exact) mass is 273 g/mol. The fourth-order valence-corrected chi connectivity index (χ4v) is 3.76. The Morgan fingerprint density at radius 1 is 1.40 bits per heavy atom. The van der Waals surface area contributed by atoms with E-state index in [1.54, 1.807) is 0 Å². The SMILES string of the molecule is CC(C)CC1(CNCc2cc(C#N)n(C)c2)CCCC1. The Morgan fingerprint density at radius 2 is 2.10 bits per heavy atom. The molecular formula is C17H27N3. The van der Waals surface area contributed by atoms with E-state index in [9.17, 15) is 0 Å². The van der Waals surface area contributed by atoms with Crippen molar-refractivity contribution < 1.29 is 0 Å². The van der Waals surface area contributed by atoms with Gasteiger partial charge in [-0.15, -0.1) is 0 Å². The Morgan fingerprint density at radius 3 is 2.65 bits per heavy atom. The molecular weight excluding hydrogens is 246 g/mol. The van der Waals surface area contributed by atoms with E-state index >= 15 is 0 Å². The lowest BCUT2D eigenvalue weighted by molar-refractivity contribution is 0.223. The highest BCUT2D eigenvalue weighted by Crippen LogP contribution is 2.42. The van der Waals surface area contributed by atoms with Crippen LogP contribution in [0.2, 0.25) is 0 Å². The van der Waals surface area contributed by atoms with Crippen molar-refractivity contribution in [2.75, 3.05) is 6.54 Å². The maximum absolute atomic E-state index is 8.98. The van der Waals surface area contributed by atoms with Crippen molar-refractivity contribution in [3.8, 4) is 6.07 Å². The van der Waals surface area contributed by atoms with Gasteiger partial charge in [-0.2, -0.15) is 5.26 Å². The summed E-state index contributed by atoms with van der Waals surface area (Å²) in [6.45, 7) is 6.64. The number of aryl methyl sites for hydroxylation is 1. The average molecular weight is 273 g/mol. The summed E-state index contributed by atoms with van der Waals surface area (Å²) in [6, 6.07) is 4.20. The number of nitrogens with zero attached hydrogens (tertiary/aromatic N) is 2. The molecule has 0 unspecified atom stereocenters. The van der Waals surface area contributed by atoms with E-state index in [4.69, 9.17) is 5.26 Å². The van der Waals surface area contributed by atoms with Crippen LogP contribution in [0.15, 0.2) is 12.3 Å². The number of hydrogen-bond donors (Lipinski definition) is 1. The van der Waals surface area contributed by atoms with Crippen molar-refractivity contribution in [2.24, 2.45) is 18.4 Å². The average Bonchev–Trinajstić information content (AvgIpc) is 2.96. The predicted molar refractivity (Wildman–Crippen MR) is 82.2 cm³/mol. The summed E-state index contributed by atoms with van der Waals surface area (Å²) in [5.74, 6) is 0.775. The van der Waals surface area contributed by atoms with Crippen LogP contribution in [0.3, 0.4) is 0 Å². The first-order valence-electron chi connectivity index (χ1n) is 7.81. The minimum Gasteiger partial charge on any atom is -0.342 e. The summed E-state index contributed by atoms with van der Waals surface area (Å²) in [4.78, 5) is 0. The first-order valence-corrected chi connectivity index (χ1v) is 7.81. The number of nitrogens with one attached hydrogen (secondary N) is 1.